The number of carbonyl (C=O) groups excluding carboxylic acids is 2. The molecule has 1 atom stereocenters. The van der Waals surface area contributed by atoms with E-state index in [0.29, 0.717) is 12.2 Å². The molecule has 0 unspecified atom stereocenters. The van der Waals surface area contributed by atoms with Crippen molar-refractivity contribution in [2.75, 3.05) is 13.6 Å². The molecule has 152 valence electrons. The molecular formula is C20H35N5O2. The van der Waals surface area contributed by atoms with Crippen LogP contribution in [0.1, 0.15) is 75.4 Å². The molecule has 1 aliphatic heterocycles. The predicted molar refractivity (Wildman–Crippen MR) is 107 cm³/mol. The molecule has 0 saturated carbocycles. The third-order valence-electron chi connectivity index (χ3n) is 5.05. The molecule has 0 aromatic carbocycles. The fraction of sp³-hybridized carbons (Fsp3) is 0.750. The van der Waals surface area contributed by atoms with Crippen molar-refractivity contribution in [1.82, 2.24) is 25.5 Å². The van der Waals surface area contributed by atoms with Crippen LogP contribution < -0.4 is 16.0 Å². The van der Waals surface area contributed by atoms with Crippen molar-refractivity contribution in [2.45, 2.75) is 78.9 Å². The SMILES string of the molecule is CCCCCc1nc(C(=O)N[C@H](C(=O)NC)C(C)(C)C)c2n1CCCNC2. The van der Waals surface area contributed by atoms with Crippen LogP contribution >= 0.6 is 0 Å². The van der Waals surface area contributed by atoms with Crippen LogP contribution in [0.4, 0.5) is 0 Å². The summed E-state index contributed by atoms with van der Waals surface area (Å²) >= 11 is 0. The minimum atomic E-state index is -0.616. The van der Waals surface area contributed by atoms with Gasteiger partial charge < -0.3 is 20.5 Å². The zero-order valence-electron chi connectivity index (χ0n) is 17.4. The summed E-state index contributed by atoms with van der Waals surface area (Å²) in [5.41, 5.74) is 0.990. The number of rotatable bonds is 7. The van der Waals surface area contributed by atoms with Gasteiger partial charge in [-0.25, -0.2) is 4.98 Å². The van der Waals surface area contributed by atoms with E-state index in [4.69, 9.17) is 4.98 Å². The maximum Gasteiger partial charge on any atom is 0.272 e. The highest BCUT2D eigenvalue weighted by atomic mass is 16.2. The first-order valence-corrected chi connectivity index (χ1v) is 10.1. The summed E-state index contributed by atoms with van der Waals surface area (Å²) in [7, 11) is 1.59. The Morgan fingerprint density at radius 2 is 2.04 bits per heavy atom. The van der Waals surface area contributed by atoms with Gasteiger partial charge in [0.2, 0.25) is 5.91 Å². The van der Waals surface area contributed by atoms with E-state index in [0.717, 1.165) is 56.7 Å². The van der Waals surface area contributed by atoms with Crippen LogP contribution in [0, 0.1) is 5.41 Å². The topological polar surface area (TPSA) is 88.1 Å². The number of hydrogen-bond donors (Lipinski definition) is 3. The van der Waals surface area contributed by atoms with Gasteiger partial charge in [0.05, 0.1) is 5.69 Å². The number of fused-ring (bicyclic) bond motifs is 1. The van der Waals surface area contributed by atoms with E-state index in [-0.39, 0.29) is 11.8 Å². The Morgan fingerprint density at radius 3 is 2.67 bits per heavy atom. The number of imidazole rings is 1. The Morgan fingerprint density at radius 1 is 1.30 bits per heavy atom. The Balaban J connectivity index is 2.30. The standard InChI is InChI=1S/C20H35N5O2/c1-6-7-8-10-15-23-16(14-13-22-11-9-12-25(14)15)18(26)24-17(19(27)21-5)20(2,3)4/h17,22H,6-13H2,1-5H3,(H,21,27)(H,24,26)/t17-/m1/s1. The zero-order valence-corrected chi connectivity index (χ0v) is 17.4. The van der Waals surface area contributed by atoms with Crippen molar-refractivity contribution < 1.29 is 9.59 Å². The lowest BCUT2D eigenvalue weighted by Crippen LogP contribution is -2.53. The van der Waals surface area contributed by atoms with Gasteiger partial charge >= 0.3 is 0 Å². The number of hydrogen-bond acceptors (Lipinski definition) is 4. The number of nitrogens with one attached hydrogen (secondary N) is 3. The van der Waals surface area contributed by atoms with Crippen LogP contribution in [-0.2, 0) is 24.3 Å². The summed E-state index contributed by atoms with van der Waals surface area (Å²) in [6.07, 6.45) is 5.29. The lowest BCUT2D eigenvalue weighted by Gasteiger charge is -2.29. The predicted octanol–water partition coefficient (Wildman–Crippen LogP) is 2.00. The summed E-state index contributed by atoms with van der Waals surface area (Å²) in [5.74, 6) is 0.523. The number of nitrogens with zero attached hydrogens (tertiary/aromatic N) is 2. The van der Waals surface area contributed by atoms with Crippen molar-refractivity contribution in [3.8, 4) is 0 Å². The van der Waals surface area contributed by atoms with Gasteiger partial charge in [-0.2, -0.15) is 0 Å². The van der Waals surface area contributed by atoms with E-state index in [1.807, 2.05) is 20.8 Å². The van der Waals surface area contributed by atoms with Crippen LogP contribution in [0.25, 0.3) is 0 Å². The summed E-state index contributed by atoms with van der Waals surface area (Å²) in [6.45, 7) is 10.4. The number of aryl methyl sites for hydroxylation is 1. The highest BCUT2D eigenvalue weighted by Crippen LogP contribution is 2.22. The molecule has 7 nitrogen and oxygen atoms in total. The number of carbonyl (C=O) groups is 2. The zero-order chi connectivity index (χ0) is 20.0. The highest BCUT2D eigenvalue weighted by molar-refractivity contribution is 5.97. The molecule has 0 saturated heterocycles. The van der Waals surface area contributed by atoms with Gasteiger partial charge in [0, 0.05) is 26.6 Å². The molecule has 0 spiro atoms. The molecule has 2 rings (SSSR count). The van der Waals surface area contributed by atoms with E-state index in [1.165, 1.54) is 0 Å². The summed E-state index contributed by atoms with van der Waals surface area (Å²) in [6, 6.07) is -0.616. The van der Waals surface area contributed by atoms with Crippen molar-refractivity contribution >= 4 is 11.8 Å². The second-order valence-electron chi connectivity index (χ2n) is 8.35. The number of amides is 2. The summed E-state index contributed by atoms with van der Waals surface area (Å²) in [4.78, 5) is 30.0. The fourth-order valence-electron chi connectivity index (χ4n) is 3.47. The molecule has 27 heavy (non-hydrogen) atoms. The maximum atomic E-state index is 13.1. The van der Waals surface area contributed by atoms with Gasteiger partial charge in [-0.3, -0.25) is 9.59 Å². The Kier molecular flexibility index (Phi) is 7.41. The van der Waals surface area contributed by atoms with Crippen molar-refractivity contribution in [3.63, 3.8) is 0 Å². The smallest absolute Gasteiger partial charge is 0.272 e. The minimum Gasteiger partial charge on any atom is -0.357 e. The van der Waals surface area contributed by atoms with Gasteiger partial charge in [-0.15, -0.1) is 0 Å². The first-order valence-electron chi connectivity index (χ1n) is 10.1. The van der Waals surface area contributed by atoms with Crippen molar-refractivity contribution in [2.24, 2.45) is 5.41 Å². The Labute approximate surface area is 162 Å². The van der Waals surface area contributed by atoms with Crippen LogP contribution in [-0.4, -0.2) is 41.0 Å². The molecule has 1 aromatic heterocycles. The van der Waals surface area contributed by atoms with Gasteiger partial charge in [0.1, 0.15) is 11.9 Å². The Hall–Kier alpha value is -1.89. The lowest BCUT2D eigenvalue weighted by molar-refractivity contribution is -0.124. The number of likely N-dealkylation sites (N-methyl/N-ethyl adjacent to an activating group) is 1. The van der Waals surface area contributed by atoms with Crippen molar-refractivity contribution in [1.29, 1.82) is 0 Å². The van der Waals surface area contributed by atoms with Crippen LogP contribution in [0.3, 0.4) is 0 Å². The van der Waals surface area contributed by atoms with Crippen LogP contribution in [0.15, 0.2) is 0 Å². The van der Waals surface area contributed by atoms with E-state index in [9.17, 15) is 9.59 Å². The van der Waals surface area contributed by atoms with Crippen LogP contribution in [0.2, 0.25) is 0 Å². The molecule has 3 N–H and O–H groups in total. The van der Waals surface area contributed by atoms with Crippen molar-refractivity contribution in [3.05, 3.63) is 17.2 Å². The quantitative estimate of drug-likeness (QED) is 0.634. The number of aromatic nitrogens is 2. The molecule has 0 aliphatic carbocycles. The molecule has 7 heteroatoms. The molecule has 0 bridgehead atoms. The minimum absolute atomic E-state index is 0.192. The normalized spacial score (nSPS) is 15.6. The summed E-state index contributed by atoms with van der Waals surface area (Å²) < 4.78 is 2.20. The fourth-order valence-corrected chi connectivity index (χ4v) is 3.47. The molecule has 2 amide bonds. The maximum absolute atomic E-state index is 13.1. The average Bonchev–Trinajstić information content (AvgIpc) is 2.79. The monoisotopic (exact) mass is 377 g/mol. The first kappa shape index (κ1) is 21.4. The Bertz CT molecular complexity index is 660. The van der Waals surface area contributed by atoms with E-state index in [2.05, 4.69) is 27.4 Å². The molecule has 0 radical (unpaired) electrons. The van der Waals surface area contributed by atoms with Gasteiger partial charge in [-0.1, -0.05) is 40.5 Å². The highest BCUT2D eigenvalue weighted by Gasteiger charge is 2.34. The lowest BCUT2D eigenvalue weighted by atomic mass is 9.86. The molecule has 0 fully saturated rings. The summed E-state index contributed by atoms with van der Waals surface area (Å²) in [5, 5.41) is 8.95. The van der Waals surface area contributed by atoms with Gasteiger partial charge in [-0.05, 0) is 24.8 Å². The van der Waals surface area contributed by atoms with E-state index < -0.39 is 11.5 Å². The molecule has 1 aromatic rings. The van der Waals surface area contributed by atoms with E-state index >= 15 is 0 Å². The molecule has 2 heterocycles. The second-order valence-corrected chi connectivity index (χ2v) is 8.35. The molecule has 1 aliphatic rings. The van der Waals surface area contributed by atoms with Crippen LogP contribution in [0.5, 0.6) is 0 Å². The van der Waals surface area contributed by atoms with Gasteiger partial charge in [0.15, 0.2) is 5.69 Å². The average molecular weight is 378 g/mol. The second kappa shape index (κ2) is 9.35. The third kappa shape index (κ3) is 5.31. The first-order chi connectivity index (χ1) is 12.8. The largest absolute Gasteiger partial charge is 0.357 e. The van der Waals surface area contributed by atoms with E-state index in [1.54, 1.807) is 7.05 Å². The number of unbranched alkanes of at least 4 members (excludes halogenated alkanes) is 2. The molecular weight excluding hydrogens is 342 g/mol. The third-order valence-corrected chi connectivity index (χ3v) is 5.05. The van der Waals surface area contributed by atoms with Gasteiger partial charge in [0.25, 0.3) is 5.91 Å².